The van der Waals surface area contributed by atoms with Crippen LogP contribution in [0.4, 0.5) is 0 Å². The molecule has 6 heteroatoms. The van der Waals surface area contributed by atoms with E-state index in [1.165, 1.54) is 0 Å². The van der Waals surface area contributed by atoms with E-state index in [1.807, 2.05) is 6.92 Å². The van der Waals surface area contributed by atoms with Crippen molar-refractivity contribution in [3.8, 4) is 5.75 Å². The van der Waals surface area contributed by atoms with Crippen molar-refractivity contribution in [2.75, 3.05) is 18.1 Å². The van der Waals surface area contributed by atoms with Gasteiger partial charge in [-0.3, -0.25) is 0 Å². The highest BCUT2D eigenvalue weighted by atomic mass is 79.9. The lowest BCUT2D eigenvalue weighted by Gasteiger charge is -2.12. The largest absolute Gasteiger partial charge is 0.491 e. The van der Waals surface area contributed by atoms with Crippen LogP contribution in [0, 0.1) is 0 Å². The molecule has 0 aliphatic carbocycles. The van der Waals surface area contributed by atoms with E-state index in [-0.39, 0.29) is 24.7 Å². The monoisotopic (exact) mass is 336 g/mol. The minimum absolute atomic E-state index is 0.00690. The summed E-state index contributed by atoms with van der Waals surface area (Å²) in [7, 11) is -3.04. The minimum atomic E-state index is -3.04. The number of sulfone groups is 1. The summed E-state index contributed by atoms with van der Waals surface area (Å²) in [6.07, 6.45) is 0.610. The molecule has 1 N–H and O–H groups in total. The smallest absolute Gasteiger partial charge is 0.153 e. The molecule has 0 spiro atoms. The van der Waals surface area contributed by atoms with Crippen LogP contribution in [0.3, 0.4) is 0 Å². The van der Waals surface area contributed by atoms with Gasteiger partial charge in [0.25, 0.3) is 0 Å². The molecule has 0 saturated carbocycles. The highest BCUT2D eigenvalue weighted by Crippen LogP contribution is 2.29. The molecule has 0 aromatic heterocycles. The first-order valence-electron chi connectivity index (χ1n) is 5.71. The Morgan fingerprint density at radius 1 is 1.33 bits per heavy atom. The van der Waals surface area contributed by atoms with Crippen LogP contribution < -0.4 is 4.74 Å². The lowest BCUT2D eigenvalue weighted by molar-refractivity contribution is 0.266. The van der Waals surface area contributed by atoms with E-state index in [9.17, 15) is 8.42 Å². The average molecular weight is 337 g/mol. The molecule has 0 radical (unpaired) electrons. The Morgan fingerprint density at radius 2 is 2.06 bits per heavy atom. The Bertz CT molecular complexity index is 485. The van der Waals surface area contributed by atoms with Gasteiger partial charge in [0.15, 0.2) is 9.84 Å². The summed E-state index contributed by atoms with van der Waals surface area (Å²) in [5.74, 6) is 0.679. The summed E-state index contributed by atoms with van der Waals surface area (Å²) in [5, 5.41) is 9.17. The fourth-order valence-corrected chi connectivity index (χ4v) is 3.21. The zero-order valence-electron chi connectivity index (χ0n) is 10.2. The van der Waals surface area contributed by atoms with Gasteiger partial charge in [-0.05, 0) is 28.4 Å². The summed E-state index contributed by atoms with van der Waals surface area (Å²) in [5.41, 5.74) is 0.636. The minimum Gasteiger partial charge on any atom is -0.491 e. The number of hydrogen-bond donors (Lipinski definition) is 1. The van der Waals surface area contributed by atoms with Crippen LogP contribution in [0.25, 0.3) is 0 Å². The maximum atomic E-state index is 11.5. The molecule has 0 aliphatic heterocycles. The predicted molar refractivity (Wildman–Crippen MR) is 74.5 cm³/mol. The van der Waals surface area contributed by atoms with Gasteiger partial charge in [-0.1, -0.05) is 19.1 Å². The molecule has 0 unspecified atom stereocenters. The maximum absolute atomic E-state index is 11.5. The van der Waals surface area contributed by atoms with Crippen molar-refractivity contribution in [3.63, 3.8) is 0 Å². The van der Waals surface area contributed by atoms with Gasteiger partial charge in [0, 0.05) is 5.56 Å². The van der Waals surface area contributed by atoms with Crippen molar-refractivity contribution < 1.29 is 18.3 Å². The number of aliphatic hydroxyl groups is 1. The fourth-order valence-electron chi connectivity index (χ4n) is 1.52. The summed E-state index contributed by atoms with van der Waals surface area (Å²) in [6, 6.07) is 5.31. The van der Waals surface area contributed by atoms with Crippen LogP contribution >= 0.6 is 15.9 Å². The second-order valence-electron chi connectivity index (χ2n) is 3.89. The molecule has 0 heterocycles. The summed E-state index contributed by atoms with van der Waals surface area (Å²) in [6.45, 7) is 1.78. The third kappa shape index (κ3) is 4.59. The third-order valence-corrected chi connectivity index (χ3v) is 4.82. The Morgan fingerprint density at radius 3 is 2.67 bits per heavy atom. The standard InChI is InChI=1S/C12H17BrO4S/c1-2-7-18(15,16)8-6-17-12-10(9-14)4-3-5-11(12)13/h3-5,14H,2,6-9H2,1H3. The zero-order chi connectivity index (χ0) is 13.6. The Kier molecular flexibility index (Phi) is 6.11. The Hall–Kier alpha value is -0.590. The third-order valence-electron chi connectivity index (χ3n) is 2.37. The van der Waals surface area contributed by atoms with Crippen molar-refractivity contribution in [1.29, 1.82) is 0 Å². The molecule has 1 aromatic carbocycles. The molecule has 0 fully saturated rings. The van der Waals surface area contributed by atoms with Gasteiger partial charge in [-0.15, -0.1) is 0 Å². The first kappa shape index (κ1) is 15.5. The van der Waals surface area contributed by atoms with Gasteiger partial charge in [-0.25, -0.2) is 8.42 Å². The molecule has 1 aromatic rings. The molecular formula is C12H17BrO4S. The number of ether oxygens (including phenoxy) is 1. The topological polar surface area (TPSA) is 63.6 Å². The average Bonchev–Trinajstić information content (AvgIpc) is 2.30. The van der Waals surface area contributed by atoms with Crippen LogP contribution in [0.5, 0.6) is 5.75 Å². The Balaban J connectivity index is 2.64. The number of rotatable bonds is 7. The van der Waals surface area contributed by atoms with Crippen LogP contribution in [0.1, 0.15) is 18.9 Å². The van der Waals surface area contributed by atoms with Crippen LogP contribution in [0.15, 0.2) is 22.7 Å². The van der Waals surface area contributed by atoms with Gasteiger partial charge < -0.3 is 9.84 Å². The summed E-state index contributed by atoms with van der Waals surface area (Å²) in [4.78, 5) is 0. The molecule has 4 nitrogen and oxygen atoms in total. The normalized spacial score (nSPS) is 11.5. The SMILES string of the molecule is CCCS(=O)(=O)CCOc1c(Br)cccc1CO. The van der Waals surface area contributed by atoms with Crippen LogP contribution in [0.2, 0.25) is 0 Å². The first-order valence-corrected chi connectivity index (χ1v) is 8.33. The lowest BCUT2D eigenvalue weighted by Crippen LogP contribution is -2.17. The zero-order valence-corrected chi connectivity index (χ0v) is 12.6. The van der Waals surface area contributed by atoms with E-state index in [2.05, 4.69) is 15.9 Å². The van der Waals surface area contributed by atoms with Crippen molar-refractivity contribution in [2.45, 2.75) is 20.0 Å². The van der Waals surface area contributed by atoms with Crippen molar-refractivity contribution in [2.24, 2.45) is 0 Å². The van der Waals surface area contributed by atoms with Crippen LogP contribution in [-0.2, 0) is 16.4 Å². The second-order valence-corrected chi connectivity index (χ2v) is 7.04. The molecular weight excluding hydrogens is 320 g/mol. The number of hydrogen-bond acceptors (Lipinski definition) is 4. The molecule has 0 aliphatic rings. The van der Waals surface area contributed by atoms with Crippen molar-refractivity contribution in [1.82, 2.24) is 0 Å². The van der Waals surface area contributed by atoms with Gasteiger partial charge in [0.2, 0.25) is 0 Å². The lowest BCUT2D eigenvalue weighted by atomic mass is 10.2. The number of benzene rings is 1. The number of halogens is 1. The van der Waals surface area contributed by atoms with Crippen molar-refractivity contribution >= 4 is 25.8 Å². The molecule has 0 saturated heterocycles. The second kappa shape index (κ2) is 7.11. The van der Waals surface area contributed by atoms with E-state index < -0.39 is 9.84 Å². The molecule has 0 atom stereocenters. The van der Waals surface area contributed by atoms with Gasteiger partial charge in [-0.2, -0.15) is 0 Å². The van der Waals surface area contributed by atoms with E-state index in [0.717, 1.165) is 0 Å². The fraction of sp³-hybridized carbons (Fsp3) is 0.500. The molecule has 18 heavy (non-hydrogen) atoms. The predicted octanol–water partition coefficient (Wildman–Crippen LogP) is 2.15. The van der Waals surface area contributed by atoms with Gasteiger partial charge in [0.1, 0.15) is 12.4 Å². The van der Waals surface area contributed by atoms with E-state index in [0.29, 0.717) is 22.2 Å². The Labute approximate surface area is 116 Å². The number of para-hydroxylation sites is 1. The van der Waals surface area contributed by atoms with E-state index in [1.54, 1.807) is 18.2 Å². The van der Waals surface area contributed by atoms with Crippen LogP contribution in [-0.4, -0.2) is 31.6 Å². The molecule has 0 bridgehead atoms. The van der Waals surface area contributed by atoms with E-state index in [4.69, 9.17) is 9.84 Å². The molecule has 0 amide bonds. The molecule has 102 valence electrons. The van der Waals surface area contributed by atoms with Gasteiger partial charge >= 0.3 is 0 Å². The molecule has 1 rings (SSSR count). The highest BCUT2D eigenvalue weighted by molar-refractivity contribution is 9.10. The maximum Gasteiger partial charge on any atom is 0.153 e. The summed E-state index contributed by atoms with van der Waals surface area (Å²) >= 11 is 3.31. The van der Waals surface area contributed by atoms with Crippen molar-refractivity contribution in [3.05, 3.63) is 28.2 Å². The van der Waals surface area contributed by atoms with E-state index >= 15 is 0 Å². The summed E-state index contributed by atoms with van der Waals surface area (Å²) < 4.78 is 29.2. The van der Waals surface area contributed by atoms with Gasteiger partial charge in [0.05, 0.1) is 22.6 Å². The number of aliphatic hydroxyl groups excluding tert-OH is 1. The quantitative estimate of drug-likeness (QED) is 0.828. The first-order chi connectivity index (χ1) is 8.50. The highest BCUT2D eigenvalue weighted by Gasteiger charge is 2.12.